The number of carbonyl (C=O) groups excluding carboxylic acids is 1. The summed E-state index contributed by atoms with van der Waals surface area (Å²) in [6.45, 7) is 2.64. The van der Waals surface area contributed by atoms with Crippen LogP contribution in [0, 0.1) is 11.3 Å². The maximum absolute atomic E-state index is 12.6. The van der Waals surface area contributed by atoms with Gasteiger partial charge in [0.25, 0.3) is 5.91 Å². The van der Waals surface area contributed by atoms with Crippen LogP contribution < -0.4 is 10.0 Å². The Hall–Kier alpha value is -3.22. The molecule has 1 amide bonds. The van der Waals surface area contributed by atoms with Gasteiger partial charge in [-0.3, -0.25) is 10.1 Å². The molecule has 0 aliphatic carbocycles. The maximum atomic E-state index is 12.6. The van der Waals surface area contributed by atoms with Crippen LogP contribution in [0.4, 0.5) is 5.95 Å². The average Bonchev–Trinajstić information content (AvgIpc) is 3.05. The van der Waals surface area contributed by atoms with Gasteiger partial charge in [0.1, 0.15) is 0 Å². The first-order valence-electron chi connectivity index (χ1n) is 8.69. The van der Waals surface area contributed by atoms with Crippen LogP contribution in [0.15, 0.2) is 53.4 Å². The highest BCUT2D eigenvalue weighted by molar-refractivity contribution is 7.89. The number of nitrogens with zero attached hydrogens (tertiary/aromatic N) is 3. The van der Waals surface area contributed by atoms with Gasteiger partial charge in [-0.15, -0.1) is 0 Å². The van der Waals surface area contributed by atoms with E-state index < -0.39 is 10.0 Å². The zero-order valence-corrected chi connectivity index (χ0v) is 16.0. The summed E-state index contributed by atoms with van der Waals surface area (Å²) in [6, 6.07) is 15.0. The summed E-state index contributed by atoms with van der Waals surface area (Å²) in [5.41, 5.74) is 2.01. The van der Waals surface area contributed by atoms with Crippen LogP contribution in [0.1, 0.15) is 23.7 Å². The van der Waals surface area contributed by atoms with E-state index in [4.69, 9.17) is 5.26 Å². The minimum Gasteiger partial charge on any atom is -0.310 e. The van der Waals surface area contributed by atoms with Gasteiger partial charge < -0.3 is 4.57 Å². The molecular formula is C19H19N5O3S. The Morgan fingerprint density at radius 3 is 2.57 bits per heavy atom. The molecule has 0 unspecified atom stereocenters. The molecule has 144 valence electrons. The number of aromatic nitrogens is 2. The van der Waals surface area contributed by atoms with Gasteiger partial charge in [0.05, 0.1) is 22.0 Å². The van der Waals surface area contributed by atoms with Crippen molar-refractivity contribution in [2.24, 2.45) is 0 Å². The molecule has 0 saturated heterocycles. The van der Waals surface area contributed by atoms with Gasteiger partial charge in [0.15, 0.2) is 0 Å². The summed E-state index contributed by atoms with van der Waals surface area (Å²) in [5.74, 6) is 0.0509. The largest absolute Gasteiger partial charge is 0.310 e. The summed E-state index contributed by atoms with van der Waals surface area (Å²) >= 11 is 0. The second-order valence-corrected chi connectivity index (χ2v) is 7.72. The SMILES string of the molecule is CCn1c(NC(=O)c2ccc(S(=O)(=O)NCCC#N)cc2)nc2ccccc21. The third kappa shape index (κ3) is 4.03. The zero-order valence-electron chi connectivity index (χ0n) is 15.2. The number of nitriles is 1. The monoisotopic (exact) mass is 397 g/mol. The van der Waals surface area contributed by atoms with Crippen LogP contribution in [-0.2, 0) is 16.6 Å². The zero-order chi connectivity index (χ0) is 20.1. The first kappa shape index (κ1) is 19.5. The fourth-order valence-corrected chi connectivity index (χ4v) is 3.81. The molecule has 3 rings (SSSR count). The van der Waals surface area contributed by atoms with Crippen molar-refractivity contribution in [3.05, 3.63) is 54.1 Å². The molecule has 3 aromatic rings. The number of amides is 1. The number of fused-ring (bicyclic) bond motifs is 1. The van der Waals surface area contributed by atoms with E-state index in [-0.39, 0.29) is 23.8 Å². The van der Waals surface area contributed by atoms with Crippen molar-refractivity contribution < 1.29 is 13.2 Å². The number of imidazole rings is 1. The van der Waals surface area contributed by atoms with Crippen molar-refractivity contribution >= 4 is 32.9 Å². The summed E-state index contributed by atoms with van der Waals surface area (Å²) in [6.07, 6.45) is 0.0815. The number of sulfonamides is 1. The lowest BCUT2D eigenvalue weighted by atomic mass is 10.2. The average molecular weight is 397 g/mol. The number of hydrogen-bond donors (Lipinski definition) is 2. The highest BCUT2D eigenvalue weighted by Crippen LogP contribution is 2.20. The molecule has 1 aromatic heterocycles. The predicted molar refractivity (Wildman–Crippen MR) is 105 cm³/mol. The van der Waals surface area contributed by atoms with Gasteiger partial charge in [0.2, 0.25) is 16.0 Å². The summed E-state index contributed by atoms with van der Waals surface area (Å²) < 4.78 is 28.5. The quantitative estimate of drug-likeness (QED) is 0.594. The van der Waals surface area contributed by atoms with E-state index in [0.29, 0.717) is 18.1 Å². The van der Waals surface area contributed by atoms with Gasteiger partial charge in [-0.25, -0.2) is 18.1 Å². The topological polar surface area (TPSA) is 117 Å². The highest BCUT2D eigenvalue weighted by Gasteiger charge is 2.16. The van der Waals surface area contributed by atoms with Gasteiger partial charge >= 0.3 is 0 Å². The van der Waals surface area contributed by atoms with E-state index in [9.17, 15) is 13.2 Å². The number of anilines is 1. The van der Waals surface area contributed by atoms with E-state index >= 15 is 0 Å². The number of carbonyl (C=O) groups is 1. The molecule has 0 bridgehead atoms. The second-order valence-electron chi connectivity index (χ2n) is 5.95. The molecule has 8 nitrogen and oxygen atoms in total. The summed E-state index contributed by atoms with van der Waals surface area (Å²) in [5, 5.41) is 11.3. The van der Waals surface area contributed by atoms with Crippen molar-refractivity contribution in [3.8, 4) is 6.07 Å². The van der Waals surface area contributed by atoms with Gasteiger partial charge in [0, 0.05) is 25.1 Å². The van der Waals surface area contributed by atoms with E-state index in [1.54, 1.807) is 0 Å². The smallest absolute Gasteiger partial charge is 0.257 e. The Labute approximate surface area is 162 Å². The molecule has 28 heavy (non-hydrogen) atoms. The van der Waals surface area contributed by atoms with Crippen LogP contribution in [-0.4, -0.2) is 30.4 Å². The first-order valence-corrected chi connectivity index (χ1v) is 10.2. The van der Waals surface area contributed by atoms with Crippen LogP contribution in [0.3, 0.4) is 0 Å². The fourth-order valence-electron chi connectivity index (χ4n) is 2.77. The number of benzene rings is 2. The van der Waals surface area contributed by atoms with Crippen molar-refractivity contribution in [2.75, 3.05) is 11.9 Å². The molecule has 0 radical (unpaired) electrons. The van der Waals surface area contributed by atoms with Crippen molar-refractivity contribution in [1.29, 1.82) is 5.26 Å². The van der Waals surface area contributed by atoms with Crippen LogP contribution >= 0.6 is 0 Å². The Morgan fingerprint density at radius 1 is 1.18 bits per heavy atom. The lowest BCUT2D eigenvalue weighted by Crippen LogP contribution is -2.24. The van der Waals surface area contributed by atoms with E-state index in [0.717, 1.165) is 11.0 Å². The Bertz CT molecular complexity index is 1140. The van der Waals surface area contributed by atoms with Crippen LogP contribution in [0.5, 0.6) is 0 Å². The minimum absolute atomic E-state index is 0.0304. The number of para-hydroxylation sites is 2. The van der Waals surface area contributed by atoms with E-state index in [1.807, 2.05) is 41.8 Å². The number of aryl methyl sites for hydroxylation is 1. The molecule has 0 saturated carbocycles. The third-order valence-electron chi connectivity index (χ3n) is 4.15. The second kappa shape index (κ2) is 8.21. The van der Waals surface area contributed by atoms with Gasteiger partial charge in [-0.1, -0.05) is 12.1 Å². The predicted octanol–water partition coefficient (Wildman–Crippen LogP) is 2.50. The molecule has 0 aliphatic heterocycles. The lowest BCUT2D eigenvalue weighted by molar-refractivity contribution is 0.102. The normalized spacial score (nSPS) is 11.3. The molecule has 2 aromatic carbocycles. The van der Waals surface area contributed by atoms with Crippen LogP contribution in [0.2, 0.25) is 0 Å². The molecule has 0 spiro atoms. The van der Waals surface area contributed by atoms with E-state index in [1.165, 1.54) is 24.3 Å². The van der Waals surface area contributed by atoms with Crippen molar-refractivity contribution in [3.63, 3.8) is 0 Å². The highest BCUT2D eigenvalue weighted by atomic mass is 32.2. The summed E-state index contributed by atoms with van der Waals surface area (Å²) in [4.78, 5) is 17.0. The van der Waals surface area contributed by atoms with Crippen LogP contribution in [0.25, 0.3) is 11.0 Å². The first-order chi connectivity index (χ1) is 13.5. The van der Waals surface area contributed by atoms with Crippen molar-refractivity contribution in [2.45, 2.75) is 24.8 Å². The Balaban J connectivity index is 1.78. The number of nitrogens with one attached hydrogen (secondary N) is 2. The maximum Gasteiger partial charge on any atom is 0.257 e. The Kier molecular flexibility index (Phi) is 5.73. The molecule has 0 aliphatic rings. The number of hydrogen-bond acceptors (Lipinski definition) is 5. The van der Waals surface area contributed by atoms with Crippen molar-refractivity contribution in [1.82, 2.24) is 14.3 Å². The minimum atomic E-state index is -3.71. The molecule has 0 fully saturated rings. The molecular weight excluding hydrogens is 378 g/mol. The molecule has 1 heterocycles. The van der Waals surface area contributed by atoms with Gasteiger partial charge in [-0.2, -0.15) is 5.26 Å². The lowest BCUT2D eigenvalue weighted by Gasteiger charge is -2.09. The van der Waals surface area contributed by atoms with Gasteiger partial charge in [-0.05, 0) is 43.3 Å². The Morgan fingerprint density at radius 2 is 1.89 bits per heavy atom. The number of rotatable bonds is 7. The molecule has 9 heteroatoms. The molecule has 0 atom stereocenters. The summed E-state index contributed by atoms with van der Waals surface area (Å²) in [7, 11) is -3.71. The standard InChI is InChI=1S/C19H19N5O3S/c1-2-24-17-7-4-3-6-16(17)22-19(24)23-18(25)14-8-10-15(11-9-14)28(26,27)21-13-5-12-20/h3-4,6-11,21H,2,5,13H2,1H3,(H,22,23,25). The fraction of sp³-hybridized carbons (Fsp3) is 0.211. The third-order valence-corrected chi connectivity index (χ3v) is 5.63. The van der Waals surface area contributed by atoms with E-state index in [2.05, 4.69) is 15.0 Å². The molecule has 2 N–H and O–H groups in total.